The molecule has 8 nitrogen and oxygen atoms in total. The van der Waals surface area contributed by atoms with Crippen molar-refractivity contribution in [1.82, 2.24) is 0 Å². The van der Waals surface area contributed by atoms with E-state index in [9.17, 15) is 27.7 Å². The lowest BCUT2D eigenvalue weighted by molar-refractivity contribution is -0.612. The van der Waals surface area contributed by atoms with Crippen LogP contribution in [0, 0.1) is 10.1 Å². The molecule has 0 unspecified atom stereocenters. The normalized spacial score (nSPS) is 12.6. The van der Waals surface area contributed by atoms with Crippen LogP contribution in [0.5, 0.6) is 0 Å². The van der Waals surface area contributed by atoms with Crippen molar-refractivity contribution in [2.45, 2.75) is 11.3 Å². The average molecular weight is 289 g/mol. The summed E-state index contributed by atoms with van der Waals surface area (Å²) in [5.41, 5.74) is -5.53. The maximum Gasteiger partial charge on any atom is 0.522 e. The zero-order valence-corrected chi connectivity index (χ0v) is 8.57. The van der Waals surface area contributed by atoms with E-state index in [-0.39, 0.29) is 0 Å². The fraction of sp³-hybridized carbons (Fsp3) is 1.00. The molecule has 0 amide bonds. The fourth-order valence-electron chi connectivity index (χ4n) is 0.165. The van der Waals surface area contributed by atoms with Gasteiger partial charge in [0.15, 0.2) is 0 Å². The van der Waals surface area contributed by atoms with Crippen LogP contribution in [0.3, 0.4) is 0 Å². The van der Waals surface area contributed by atoms with E-state index in [0.29, 0.717) is 0 Å². The second kappa shape index (κ2) is 6.04. The lowest BCUT2D eigenvalue weighted by Gasteiger charge is -2.08. The van der Waals surface area contributed by atoms with Crippen molar-refractivity contribution in [3.05, 3.63) is 10.1 Å². The summed E-state index contributed by atoms with van der Waals surface area (Å²) in [7, 11) is -5.84. The van der Waals surface area contributed by atoms with Crippen LogP contribution in [0.1, 0.15) is 0 Å². The molecule has 0 rings (SSSR count). The molecule has 0 atom stereocenters. The molecule has 0 fully saturated rings. The zero-order valence-electron chi connectivity index (χ0n) is 7.76. The maximum absolute atomic E-state index is 12.2. The Bertz CT molecular complexity index is 347. The number of nitrogens with zero attached hydrogens (tertiary/aromatic N) is 1. The highest BCUT2D eigenvalue weighted by atomic mass is 32.2. The number of aliphatic hydroxyl groups excluding tert-OH is 2. The molecule has 0 aromatic rings. The summed E-state index contributed by atoms with van der Waals surface area (Å²) in [6, 6.07) is 0. The molecule has 3 N–H and O–H groups in total. The van der Waals surface area contributed by atoms with Gasteiger partial charge in [-0.05, 0) is 0 Å². The molecule has 13 heteroatoms. The van der Waals surface area contributed by atoms with E-state index in [2.05, 4.69) is 0 Å². The van der Waals surface area contributed by atoms with Crippen LogP contribution in [-0.4, -0.2) is 52.6 Å². The number of hydrogen-bond donors (Lipinski definition) is 3. The van der Waals surface area contributed by atoms with Gasteiger partial charge in [-0.15, -0.1) is 0 Å². The van der Waals surface area contributed by atoms with Crippen molar-refractivity contribution >= 4 is 10.1 Å². The van der Waals surface area contributed by atoms with Crippen LogP contribution in [-0.2, 0) is 10.1 Å². The van der Waals surface area contributed by atoms with Gasteiger partial charge in [-0.1, -0.05) is 0 Å². The summed E-state index contributed by atoms with van der Waals surface area (Å²) in [6.45, 7) is -2.62. The van der Waals surface area contributed by atoms with Gasteiger partial charge in [-0.25, -0.2) is 0 Å². The first kappa shape index (κ1) is 18.3. The lowest BCUT2D eigenvalue weighted by Crippen LogP contribution is -2.40. The highest BCUT2D eigenvalue weighted by molar-refractivity contribution is 7.86. The van der Waals surface area contributed by atoms with Gasteiger partial charge in [-0.3, -0.25) is 14.7 Å². The van der Waals surface area contributed by atoms with Crippen LogP contribution in [0.25, 0.3) is 0 Å². The third-order valence-corrected chi connectivity index (χ3v) is 1.69. The maximum atomic E-state index is 12.2. The van der Waals surface area contributed by atoms with Crippen LogP contribution in [0.4, 0.5) is 17.6 Å². The molecule has 0 aliphatic rings. The van der Waals surface area contributed by atoms with Gasteiger partial charge < -0.3 is 10.2 Å². The predicted molar refractivity (Wildman–Crippen MR) is 42.6 cm³/mol. The first-order valence-electron chi connectivity index (χ1n) is 3.40. The molecule has 0 spiro atoms. The molecule has 0 saturated heterocycles. The van der Waals surface area contributed by atoms with Crippen LogP contribution in [0.15, 0.2) is 0 Å². The summed E-state index contributed by atoms with van der Waals surface area (Å²) in [5.74, 6) is -3.08. The Hall–Kier alpha value is -1.05. The van der Waals surface area contributed by atoms with E-state index in [4.69, 9.17) is 23.2 Å². The molecule has 0 heterocycles. The SMILES string of the molecule is O=S(=O)(O)C(F)(F)F.O=[N+]([O-])C(F)(CO)CO. The topological polar surface area (TPSA) is 138 Å². The number of nitro groups is 1. The smallest absolute Gasteiger partial charge is 0.386 e. The number of rotatable bonds is 3. The van der Waals surface area contributed by atoms with Gasteiger partial charge >= 0.3 is 21.4 Å². The second-order valence-corrected chi connectivity index (χ2v) is 3.83. The van der Waals surface area contributed by atoms with Crippen molar-refractivity contribution in [2.75, 3.05) is 13.2 Å². The van der Waals surface area contributed by atoms with Crippen molar-refractivity contribution in [3.8, 4) is 0 Å². The van der Waals surface area contributed by atoms with E-state index in [0.717, 1.165) is 0 Å². The van der Waals surface area contributed by atoms with E-state index >= 15 is 0 Å². The summed E-state index contributed by atoms with van der Waals surface area (Å²) in [5, 5.41) is 25.6. The van der Waals surface area contributed by atoms with Gasteiger partial charge in [-0.2, -0.15) is 26.0 Å². The first-order chi connectivity index (χ1) is 7.31. The molecule has 17 heavy (non-hydrogen) atoms. The quantitative estimate of drug-likeness (QED) is 0.156. The minimum Gasteiger partial charge on any atom is -0.386 e. The Morgan fingerprint density at radius 2 is 1.35 bits per heavy atom. The summed E-state index contributed by atoms with van der Waals surface area (Å²) >= 11 is 0. The first-order valence-corrected chi connectivity index (χ1v) is 4.84. The lowest BCUT2D eigenvalue weighted by atomic mass is 10.3. The molecule has 0 aliphatic carbocycles. The third kappa shape index (κ3) is 6.30. The van der Waals surface area contributed by atoms with Crippen LogP contribution in [0.2, 0.25) is 0 Å². The van der Waals surface area contributed by atoms with E-state index in [1.54, 1.807) is 0 Å². The Labute approximate surface area is 91.4 Å². The summed E-state index contributed by atoms with van der Waals surface area (Å²) in [4.78, 5) is 8.23. The highest BCUT2D eigenvalue weighted by Gasteiger charge is 2.44. The fourth-order valence-corrected chi connectivity index (χ4v) is 0.165. The predicted octanol–water partition coefficient (Wildman–Crippen LogP) is -0.692. The average Bonchev–Trinajstić information content (AvgIpc) is 2.14. The Morgan fingerprint density at radius 3 is 1.35 bits per heavy atom. The van der Waals surface area contributed by atoms with Crippen molar-refractivity contribution < 1.29 is 45.7 Å². The largest absolute Gasteiger partial charge is 0.522 e. The van der Waals surface area contributed by atoms with Gasteiger partial charge in [0.05, 0.1) is 4.92 Å². The third-order valence-electron chi connectivity index (χ3n) is 1.10. The monoisotopic (exact) mass is 289 g/mol. The molecule has 104 valence electrons. The van der Waals surface area contributed by atoms with E-state index in [1.165, 1.54) is 0 Å². The van der Waals surface area contributed by atoms with Gasteiger partial charge in [0.1, 0.15) is 13.2 Å². The van der Waals surface area contributed by atoms with Crippen LogP contribution >= 0.6 is 0 Å². The Balaban J connectivity index is 0. The summed E-state index contributed by atoms with van der Waals surface area (Å²) < 4.78 is 69.7. The second-order valence-electron chi connectivity index (χ2n) is 2.41. The minimum atomic E-state index is -5.84. The molecular weight excluding hydrogens is 282 g/mol. The number of aliphatic hydroxyl groups is 2. The Kier molecular flexibility index (Phi) is 6.51. The van der Waals surface area contributed by atoms with Gasteiger partial charge in [0, 0.05) is 0 Å². The molecule has 0 aliphatic heterocycles. The van der Waals surface area contributed by atoms with E-state index in [1.807, 2.05) is 0 Å². The van der Waals surface area contributed by atoms with Crippen molar-refractivity contribution in [2.24, 2.45) is 0 Å². The molecule has 0 radical (unpaired) electrons. The number of halogens is 4. The van der Waals surface area contributed by atoms with Crippen LogP contribution < -0.4 is 0 Å². The Morgan fingerprint density at radius 1 is 1.12 bits per heavy atom. The number of hydrogen-bond acceptors (Lipinski definition) is 6. The molecule has 0 aromatic heterocycles. The standard InChI is InChI=1S/C3H6FNO4.CHF3O3S/c4-3(1-6,2-7)5(8)9;2-1(3,4)8(5,6)7/h6-7H,1-2H2;(H,5,6,7). The molecule has 0 aromatic carbocycles. The number of alkyl halides is 4. The zero-order chi connectivity index (χ0) is 14.5. The molecule has 0 saturated carbocycles. The molecule has 0 bridgehead atoms. The minimum absolute atomic E-state index is 1.31. The molecular formula is C4H7F4NO7S. The van der Waals surface area contributed by atoms with Gasteiger partial charge in [0.2, 0.25) is 0 Å². The van der Waals surface area contributed by atoms with Crippen molar-refractivity contribution in [1.29, 1.82) is 0 Å². The summed E-state index contributed by atoms with van der Waals surface area (Å²) in [6.07, 6.45) is 0. The van der Waals surface area contributed by atoms with E-state index < -0.39 is 39.6 Å². The highest BCUT2D eigenvalue weighted by Crippen LogP contribution is 2.20. The van der Waals surface area contributed by atoms with Gasteiger partial charge in [0.25, 0.3) is 0 Å². The van der Waals surface area contributed by atoms with Crippen molar-refractivity contribution in [3.63, 3.8) is 0 Å².